The van der Waals surface area contributed by atoms with E-state index in [1.54, 1.807) is 82.3 Å². The number of piperidine rings is 1. The van der Waals surface area contributed by atoms with Gasteiger partial charge < -0.3 is 100 Å². The van der Waals surface area contributed by atoms with Gasteiger partial charge in [-0.25, -0.2) is 42.9 Å². The van der Waals surface area contributed by atoms with E-state index in [-0.39, 0.29) is 117 Å². The summed E-state index contributed by atoms with van der Waals surface area (Å²) in [5.74, 6) is -7.79. The number of benzene rings is 2. The number of hydrogen-bond acceptors (Lipinski definition) is 31. The van der Waals surface area contributed by atoms with Gasteiger partial charge in [-0.15, -0.1) is 0 Å². The van der Waals surface area contributed by atoms with Crippen molar-refractivity contribution in [2.45, 2.75) is 217 Å². The van der Waals surface area contributed by atoms with Crippen LogP contribution in [0.2, 0.25) is 0 Å². The first-order valence-electron chi connectivity index (χ1n) is 46.8. The van der Waals surface area contributed by atoms with Crippen molar-refractivity contribution in [3.63, 3.8) is 0 Å². The first-order valence-corrected chi connectivity index (χ1v) is 48.4. The molecule has 5 fully saturated rings. The number of carbonyl (C=O) groups excluding carboxylic acids is 8. The van der Waals surface area contributed by atoms with Crippen LogP contribution in [0.25, 0.3) is 11.1 Å². The fourth-order valence-corrected chi connectivity index (χ4v) is 19.7. The lowest BCUT2D eigenvalue weighted by Crippen LogP contribution is -2.61. The minimum absolute atomic E-state index is 0.00266. The van der Waals surface area contributed by atoms with Gasteiger partial charge in [0.25, 0.3) is 23.5 Å². The number of nitrogens with two attached hydrogens (primary N) is 2. The molecule has 2 aromatic carbocycles. The third-order valence-electron chi connectivity index (χ3n) is 26.9. The van der Waals surface area contributed by atoms with Crippen LogP contribution in [0.1, 0.15) is 162 Å². The lowest BCUT2D eigenvalue weighted by Gasteiger charge is -2.42. The number of carbonyl (C=O) groups is 8. The molecule has 36 nitrogen and oxygen atoms in total. The lowest BCUT2D eigenvalue weighted by atomic mass is 9.80. The number of aryl methyl sites for hydroxylation is 1. The molecular formula is C97H133N15O21S. The van der Waals surface area contributed by atoms with E-state index >= 15 is 0 Å². The van der Waals surface area contributed by atoms with Crippen LogP contribution in [-0.2, 0) is 75.3 Å². The maximum atomic E-state index is 14.8. The topological polar surface area (TPSA) is 476 Å². The highest BCUT2D eigenvalue weighted by Gasteiger charge is 2.53. The van der Waals surface area contributed by atoms with E-state index in [0.717, 1.165) is 27.2 Å². The molecule has 0 spiro atoms. The van der Waals surface area contributed by atoms with Crippen molar-refractivity contribution >= 4 is 74.8 Å². The number of hydrogen-bond donors (Lipinski definition) is 8. The summed E-state index contributed by atoms with van der Waals surface area (Å²) < 4.78 is 69.3. The number of nitrogens with zero attached hydrogens (tertiary/aromatic N) is 11. The van der Waals surface area contributed by atoms with E-state index in [1.807, 2.05) is 78.3 Å². The van der Waals surface area contributed by atoms with Crippen LogP contribution >= 0.6 is 0 Å². The molecule has 10 N–H and O–H groups in total. The number of rotatable bonds is 23. The third kappa shape index (κ3) is 27.0. The zero-order valence-electron chi connectivity index (χ0n) is 78.3. The number of allylic oxidation sites excluding steroid dienone is 5. The molecule has 0 radical (unpaired) electrons. The highest BCUT2D eigenvalue weighted by Crippen LogP contribution is 2.39. The number of methoxy groups -OCH3 is 2. The van der Waals surface area contributed by atoms with Crippen LogP contribution in [-0.4, -0.2) is 306 Å². The highest BCUT2D eigenvalue weighted by atomic mass is 32.2. The largest absolute Gasteiger partial charge is 0.491 e. The Bertz CT molecular complexity index is 5110. The van der Waals surface area contributed by atoms with Crippen LogP contribution in [0.3, 0.4) is 0 Å². The number of sulfone groups is 1. The van der Waals surface area contributed by atoms with Gasteiger partial charge in [-0.05, 0) is 162 Å². The normalized spacial score (nSPS) is 28.2. The number of cyclic esters (lactones) is 1. The molecule has 728 valence electrons. The zero-order valence-corrected chi connectivity index (χ0v) is 79.1. The van der Waals surface area contributed by atoms with Crippen LogP contribution in [0.15, 0.2) is 132 Å². The number of amides is 5. The number of aromatic nitrogens is 5. The Labute approximate surface area is 783 Å². The van der Waals surface area contributed by atoms with Crippen molar-refractivity contribution in [3.05, 3.63) is 155 Å². The van der Waals surface area contributed by atoms with Crippen molar-refractivity contribution in [3.8, 4) is 16.9 Å². The van der Waals surface area contributed by atoms with Gasteiger partial charge in [0.2, 0.25) is 23.6 Å². The molecular weight excluding hydrogens is 1740 g/mol. The number of Topliss-reactive ketones (excluding diaryl/α,β-unsaturated/α-hetero) is 2. The summed E-state index contributed by atoms with van der Waals surface area (Å²) in [6.07, 6.45) is 13.8. The second kappa shape index (κ2) is 47.7. The van der Waals surface area contributed by atoms with E-state index in [4.69, 9.17) is 44.6 Å². The predicted octanol–water partition coefficient (Wildman–Crippen LogP) is 6.59. The number of piperazine rings is 2. The number of ketones is 2. The SMILES string of the molecule is CO[C@H]1C[C@@H]2CC[C@@H](C)[C@@](O)(O2)C(=O)C(=O)N2CCCC[C@H]2C(=O)O[C@H]([C@H](N)C[C@@H]2CC[C@@H](OC(=O)NCc3cnc(N4CCN(C(=O)CCOCCN5CCN(c6ncc(C(=O)NCCS(=O)(=O)c7ccc(C(=O)N8CCOc9ccc(-c%10ccc(N)nc%10)cc9C8)c(C)c7)cn6)CC5)CC4)nc3)[C@H](OC)C2)C[C@@H](O)[C@H](C)/C=C(\C)[C@@H](O)[C@@H](O)C(=O)[C@H](C)C[C@H](C)/C=C/C=C/C=C/1C. The Hall–Kier alpha value is -10.6. The Morgan fingerprint density at radius 2 is 1.42 bits per heavy atom. The van der Waals surface area contributed by atoms with Gasteiger partial charge in [0.15, 0.2) is 15.6 Å². The number of aliphatic hydroxyl groups excluding tert-OH is 3. The summed E-state index contributed by atoms with van der Waals surface area (Å²) in [5, 5.41) is 52.2. The first kappa shape index (κ1) is 102. The van der Waals surface area contributed by atoms with Gasteiger partial charge >= 0.3 is 12.1 Å². The minimum atomic E-state index is -3.86. The molecule has 5 amide bonds. The summed E-state index contributed by atoms with van der Waals surface area (Å²) in [5.41, 5.74) is 18.2. The van der Waals surface area contributed by atoms with Gasteiger partial charge in [0, 0.05) is 189 Å². The molecule has 3 aromatic heterocycles. The number of nitrogens with one attached hydrogen (secondary N) is 2. The molecule has 7 aliphatic rings. The molecule has 6 aliphatic heterocycles. The molecule has 37 heteroatoms. The summed E-state index contributed by atoms with van der Waals surface area (Å²) in [7, 11) is -0.798. The van der Waals surface area contributed by atoms with E-state index in [0.29, 0.717) is 164 Å². The highest BCUT2D eigenvalue weighted by molar-refractivity contribution is 7.91. The van der Waals surface area contributed by atoms with Crippen LogP contribution < -0.4 is 36.6 Å². The van der Waals surface area contributed by atoms with Crippen molar-refractivity contribution in [1.29, 1.82) is 0 Å². The molecule has 1 saturated carbocycles. The molecule has 16 atom stereocenters. The number of ether oxygens (including phenoxy) is 7. The average Bonchev–Trinajstić information content (AvgIpc) is 0.814. The van der Waals surface area contributed by atoms with Gasteiger partial charge in [0.05, 0.1) is 66.8 Å². The van der Waals surface area contributed by atoms with Crippen molar-refractivity contribution in [2.24, 2.45) is 35.3 Å². The second-order valence-electron chi connectivity index (χ2n) is 36.6. The molecule has 9 heterocycles. The number of fused-ring (bicyclic) bond motifs is 4. The smallest absolute Gasteiger partial charge is 0.407 e. The number of alkyl carbamates (subject to hydrolysis) is 1. The second-order valence-corrected chi connectivity index (χ2v) is 38.8. The molecule has 2 bridgehead atoms. The monoisotopic (exact) mass is 1880 g/mol. The molecule has 5 aromatic rings. The fourth-order valence-electron chi connectivity index (χ4n) is 18.5. The summed E-state index contributed by atoms with van der Waals surface area (Å²) in [6, 6.07) is 11.6. The minimum Gasteiger partial charge on any atom is -0.491 e. The van der Waals surface area contributed by atoms with Crippen LogP contribution in [0, 0.1) is 36.5 Å². The Kier molecular flexibility index (Phi) is 36.5. The Morgan fingerprint density at radius 3 is 2.12 bits per heavy atom. The molecule has 1 aliphatic carbocycles. The number of anilines is 3. The molecule has 0 unspecified atom stereocenters. The molecule has 134 heavy (non-hydrogen) atoms. The zero-order chi connectivity index (χ0) is 96.1. The summed E-state index contributed by atoms with van der Waals surface area (Å²) in [4.78, 5) is 145. The quantitative estimate of drug-likeness (QED) is 0.0148. The summed E-state index contributed by atoms with van der Waals surface area (Å²) in [6.45, 7) is 18.8. The van der Waals surface area contributed by atoms with Crippen molar-refractivity contribution in [2.75, 3.05) is 134 Å². The van der Waals surface area contributed by atoms with Gasteiger partial charge in [-0.1, -0.05) is 70.2 Å². The number of nitrogen functional groups attached to an aromatic ring is 1. The first-order chi connectivity index (χ1) is 64.2. The molecule has 4 saturated heterocycles. The van der Waals surface area contributed by atoms with Gasteiger partial charge in [0.1, 0.15) is 48.6 Å². The standard InChI is InChI=1S/C97H133N15O21S/c1-60-15-11-10-12-16-61(2)81(127-8)51-73-22-18-66(7)97(124,133-73)89(118)92(121)112-30-14-13-17-77(112)93(122)131-82(52-78(113)63(4)46-65(6)87(116)88(117)86(115)64(5)45-60)76(98)48-67-19-25-80(83(49-67)128-9)132-96(123)106-55-68-53-102-94(103-54-68)110-37-35-108(36-38-110)85(114)28-41-129-42-39-107-31-33-109(34-32-107)95-104-57-72(58-105-95)90(119)100-29-44-134(125,126)74-23-24-75(62(3)47-74)91(120)111-40-43-130-79-26-20-69(50-71(79)59-111)70-21-27-84(99)101-56-70/h10-12,15-16,20-21,23-24,26-27,46-47,50,53-54,56-58,60,63-64,66-67,73,76-78,80-83,87-88,113,116-117,124H,13-14,17-19,22,25,28-45,48-49,51-52,55,59,98H2,1-9H3,(H2,99,101)(H,100,119)(H,106,123)/b12-10+,15-11+,61-16+,65-46+/t60-,63-,64-,66-,67+,73+,76-,77+,78-,80-,81+,82+,83-,87-,88+,97-/m1/s1. The van der Waals surface area contributed by atoms with Gasteiger partial charge in [-0.2, -0.15) is 0 Å². The molecule has 12 rings (SSSR count). The van der Waals surface area contributed by atoms with Crippen LogP contribution in [0.5, 0.6) is 5.75 Å². The van der Waals surface area contributed by atoms with Gasteiger partial charge in [-0.3, -0.25) is 33.7 Å². The maximum absolute atomic E-state index is 14.8. The summed E-state index contributed by atoms with van der Waals surface area (Å²) >= 11 is 0. The van der Waals surface area contributed by atoms with E-state index in [9.17, 15) is 67.2 Å². The van der Waals surface area contributed by atoms with E-state index in [1.165, 1.54) is 37.7 Å². The van der Waals surface area contributed by atoms with E-state index < -0.39 is 130 Å². The third-order valence-corrected chi connectivity index (χ3v) is 28.6. The number of aliphatic hydroxyl groups is 4. The number of pyridine rings is 1. The van der Waals surface area contributed by atoms with E-state index in [2.05, 4.69) is 40.5 Å². The van der Waals surface area contributed by atoms with Crippen LogP contribution in [0.4, 0.5) is 22.5 Å². The van der Waals surface area contributed by atoms with Crippen molar-refractivity contribution in [1.82, 2.24) is 55.2 Å². The fraction of sp³-hybridized carbons (Fsp3) is 0.577. The Morgan fingerprint density at radius 1 is 0.701 bits per heavy atom. The maximum Gasteiger partial charge on any atom is 0.407 e. The van der Waals surface area contributed by atoms with Crippen molar-refractivity contribution < 1.29 is 100 Å². The Balaban J connectivity index is 0.545. The number of esters is 1. The lowest BCUT2D eigenvalue weighted by molar-refractivity contribution is -0.265. The predicted molar refractivity (Wildman–Crippen MR) is 498 cm³/mol. The average molecular weight is 1880 g/mol.